The zero-order valence-electron chi connectivity index (χ0n) is 23.0. The minimum Gasteiger partial charge on any atom is -0.480 e. The minimum atomic E-state index is -1.09. The van der Waals surface area contributed by atoms with Crippen molar-refractivity contribution < 1.29 is 29.0 Å². The summed E-state index contributed by atoms with van der Waals surface area (Å²) in [6.45, 7) is 5.81. The van der Waals surface area contributed by atoms with Crippen LogP contribution in [0.25, 0.3) is 0 Å². The van der Waals surface area contributed by atoms with Crippen molar-refractivity contribution in [2.45, 2.75) is 84.0 Å². The number of hydrogen-bond donors (Lipinski definition) is 3. The molecule has 208 valence electrons. The maximum atomic E-state index is 12.1. The van der Waals surface area contributed by atoms with Gasteiger partial charge in [0.25, 0.3) is 0 Å². The highest BCUT2D eigenvalue weighted by molar-refractivity contribution is 5.80. The second-order valence-electron chi connectivity index (χ2n) is 10.6. The number of aryl methyl sites for hydroxylation is 1. The Kier molecular flexibility index (Phi) is 10.8. The number of alkyl carbamates (subject to hydrolysis) is 2. The molecule has 0 aliphatic heterocycles. The van der Waals surface area contributed by atoms with Gasteiger partial charge in [-0.2, -0.15) is 0 Å². The predicted molar refractivity (Wildman–Crippen MR) is 148 cm³/mol. The van der Waals surface area contributed by atoms with E-state index >= 15 is 0 Å². The molecule has 0 heterocycles. The Balaban J connectivity index is 1.55. The van der Waals surface area contributed by atoms with Crippen molar-refractivity contribution in [1.29, 1.82) is 0 Å². The third-order valence-electron chi connectivity index (χ3n) is 6.28. The molecule has 1 atom stereocenters. The van der Waals surface area contributed by atoms with Crippen LogP contribution in [0.5, 0.6) is 0 Å². The number of hydrogen-bond acceptors (Lipinski definition) is 5. The number of rotatable bonds is 9. The van der Waals surface area contributed by atoms with Crippen LogP contribution in [-0.4, -0.2) is 41.4 Å². The molecule has 39 heavy (non-hydrogen) atoms. The topological polar surface area (TPSA) is 114 Å². The van der Waals surface area contributed by atoms with Crippen molar-refractivity contribution in [3.05, 3.63) is 70.3 Å². The number of carboxylic acid groups (broad SMARTS) is 1. The van der Waals surface area contributed by atoms with E-state index in [1.54, 1.807) is 20.8 Å². The summed E-state index contributed by atoms with van der Waals surface area (Å²) >= 11 is 0. The summed E-state index contributed by atoms with van der Waals surface area (Å²) in [5.41, 5.74) is 4.74. The van der Waals surface area contributed by atoms with Crippen molar-refractivity contribution in [3.63, 3.8) is 0 Å². The molecular weight excluding hydrogens is 496 g/mol. The molecule has 0 radical (unpaired) electrons. The van der Waals surface area contributed by atoms with Crippen molar-refractivity contribution >= 4 is 18.2 Å². The Morgan fingerprint density at radius 1 is 1.00 bits per heavy atom. The van der Waals surface area contributed by atoms with Gasteiger partial charge in [-0.25, -0.2) is 14.4 Å². The number of ether oxygens (including phenoxy) is 2. The molecule has 0 spiro atoms. The molecule has 3 rings (SSSR count). The molecule has 8 nitrogen and oxygen atoms in total. The first-order valence-corrected chi connectivity index (χ1v) is 13.4. The summed E-state index contributed by atoms with van der Waals surface area (Å²) < 4.78 is 10.4. The average Bonchev–Trinajstić information content (AvgIpc) is 2.89. The van der Waals surface area contributed by atoms with Gasteiger partial charge in [0.1, 0.15) is 18.2 Å². The third kappa shape index (κ3) is 10.0. The first-order valence-electron chi connectivity index (χ1n) is 13.4. The first kappa shape index (κ1) is 29.6. The molecule has 0 saturated heterocycles. The quantitative estimate of drug-likeness (QED) is 0.303. The highest BCUT2D eigenvalue weighted by Crippen LogP contribution is 2.28. The lowest BCUT2D eigenvalue weighted by Gasteiger charge is -2.23. The molecule has 0 saturated carbocycles. The zero-order valence-corrected chi connectivity index (χ0v) is 23.0. The molecule has 3 N–H and O–H groups in total. The number of amides is 2. The van der Waals surface area contributed by atoms with Gasteiger partial charge in [0.15, 0.2) is 0 Å². The summed E-state index contributed by atoms with van der Waals surface area (Å²) in [5.74, 6) is 5.31. The summed E-state index contributed by atoms with van der Waals surface area (Å²) in [4.78, 5) is 35.8. The van der Waals surface area contributed by atoms with E-state index in [9.17, 15) is 19.5 Å². The summed E-state index contributed by atoms with van der Waals surface area (Å²) in [7, 11) is 0. The van der Waals surface area contributed by atoms with Crippen LogP contribution in [0, 0.1) is 11.8 Å². The normalized spacial score (nSPS) is 13.2. The monoisotopic (exact) mass is 534 g/mol. The van der Waals surface area contributed by atoms with E-state index in [2.05, 4.69) is 22.5 Å². The van der Waals surface area contributed by atoms with Gasteiger partial charge in [-0.15, -0.1) is 0 Å². The number of benzene rings is 2. The lowest BCUT2D eigenvalue weighted by molar-refractivity contribution is -0.139. The number of fused-ring (bicyclic) bond motifs is 1. The van der Waals surface area contributed by atoms with E-state index < -0.39 is 29.8 Å². The van der Waals surface area contributed by atoms with Crippen LogP contribution >= 0.6 is 0 Å². The van der Waals surface area contributed by atoms with Crippen LogP contribution in [0.4, 0.5) is 9.59 Å². The fourth-order valence-electron chi connectivity index (χ4n) is 4.46. The van der Waals surface area contributed by atoms with E-state index in [1.165, 1.54) is 11.1 Å². The highest BCUT2D eigenvalue weighted by atomic mass is 16.6. The maximum Gasteiger partial charge on any atom is 0.408 e. The molecule has 1 aliphatic rings. The van der Waals surface area contributed by atoms with Crippen LogP contribution in [0.1, 0.15) is 74.3 Å². The molecule has 0 aromatic heterocycles. The molecule has 1 aliphatic carbocycles. The standard InChI is InChI=1S/C31H38N2O6/c1-31(2,3)39-30(37)33-27(28(34)35)19-18-24-17-16-23(25-14-7-8-15-26(24)25)13-9-10-20-32-29(36)38-21-22-11-5-4-6-12-22/h4-6,11-12,16-17,27H,7-8,10,14-15,18-21H2,1-3H3,(H,32,36)(H,33,37)(H,34,35)/t27-/m0/s1. The highest BCUT2D eigenvalue weighted by Gasteiger charge is 2.25. The van der Waals surface area contributed by atoms with E-state index in [1.807, 2.05) is 42.5 Å². The van der Waals surface area contributed by atoms with Crippen molar-refractivity contribution in [3.8, 4) is 11.8 Å². The Morgan fingerprint density at radius 2 is 1.72 bits per heavy atom. The number of carboxylic acids is 1. The van der Waals surface area contributed by atoms with Gasteiger partial charge in [0, 0.05) is 18.5 Å². The fourth-order valence-corrected chi connectivity index (χ4v) is 4.46. The van der Waals surface area contributed by atoms with Crippen LogP contribution in [0.3, 0.4) is 0 Å². The summed E-state index contributed by atoms with van der Waals surface area (Å²) in [5, 5.41) is 14.8. The van der Waals surface area contributed by atoms with Gasteiger partial charge in [0.2, 0.25) is 0 Å². The SMILES string of the molecule is CC(C)(C)OC(=O)N[C@@H](CCc1ccc(C#CCCNC(=O)OCc2ccccc2)c2c1CCCC2)C(=O)O. The van der Waals surface area contributed by atoms with Gasteiger partial charge < -0.3 is 25.2 Å². The van der Waals surface area contributed by atoms with Crippen LogP contribution in [-0.2, 0) is 40.1 Å². The van der Waals surface area contributed by atoms with Crippen LogP contribution in [0.15, 0.2) is 42.5 Å². The predicted octanol–water partition coefficient (Wildman–Crippen LogP) is 5.14. The van der Waals surface area contributed by atoms with Crippen LogP contribution < -0.4 is 10.6 Å². The fraction of sp³-hybridized carbons (Fsp3) is 0.452. The second-order valence-corrected chi connectivity index (χ2v) is 10.6. The third-order valence-corrected chi connectivity index (χ3v) is 6.28. The van der Waals surface area contributed by atoms with E-state index in [-0.39, 0.29) is 13.0 Å². The number of aliphatic carboxylic acids is 1. The average molecular weight is 535 g/mol. The van der Waals surface area contributed by atoms with E-state index in [4.69, 9.17) is 9.47 Å². The molecule has 2 amide bonds. The summed E-state index contributed by atoms with van der Waals surface area (Å²) in [6, 6.07) is 12.5. The van der Waals surface area contributed by atoms with Gasteiger partial charge in [-0.1, -0.05) is 48.2 Å². The Bertz CT molecular complexity index is 1210. The molecule has 0 bridgehead atoms. The molecule has 2 aromatic rings. The number of nitrogens with one attached hydrogen (secondary N) is 2. The summed E-state index contributed by atoms with van der Waals surface area (Å²) in [6.07, 6.45) is 4.08. The first-order chi connectivity index (χ1) is 18.6. The Labute approximate surface area is 230 Å². The molecular formula is C31H38N2O6. The molecule has 2 aromatic carbocycles. The van der Waals surface area contributed by atoms with E-state index in [0.717, 1.165) is 42.4 Å². The van der Waals surface area contributed by atoms with Gasteiger partial charge in [0.05, 0.1) is 0 Å². The second kappa shape index (κ2) is 14.2. The minimum absolute atomic E-state index is 0.223. The number of carbonyl (C=O) groups excluding carboxylic acids is 2. The van der Waals surface area contributed by atoms with Gasteiger partial charge in [-0.05, 0) is 87.6 Å². The largest absolute Gasteiger partial charge is 0.480 e. The molecule has 0 unspecified atom stereocenters. The lowest BCUT2D eigenvalue weighted by Crippen LogP contribution is -2.43. The van der Waals surface area contributed by atoms with Crippen molar-refractivity contribution in [1.82, 2.24) is 10.6 Å². The Morgan fingerprint density at radius 3 is 2.41 bits per heavy atom. The smallest absolute Gasteiger partial charge is 0.408 e. The molecule has 0 fully saturated rings. The van der Waals surface area contributed by atoms with Crippen molar-refractivity contribution in [2.24, 2.45) is 0 Å². The van der Waals surface area contributed by atoms with Gasteiger partial charge in [-0.3, -0.25) is 0 Å². The number of carbonyl (C=O) groups is 3. The molecule has 8 heteroatoms. The van der Waals surface area contributed by atoms with Gasteiger partial charge >= 0.3 is 18.2 Å². The van der Waals surface area contributed by atoms with Crippen LogP contribution in [0.2, 0.25) is 0 Å². The van der Waals surface area contributed by atoms with E-state index in [0.29, 0.717) is 19.4 Å². The Hall–Kier alpha value is -3.99. The zero-order chi connectivity index (χ0) is 28.3. The lowest BCUT2D eigenvalue weighted by atomic mass is 9.83. The maximum absolute atomic E-state index is 12.1. The van der Waals surface area contributed by atoms with Crippen molar-refractivity contribution in [2.75, 3.05) is 6.54 Å².